The molecule has 1 heterocycles. The summed E-state index contributed by atoms with van der Waals surface area (Å²) in [6, 6.07) is 0. The molecule has 1 aliphatic heterocycles. The van der Waals surface area contributed by atoms with Crippen LogP contribution in [0.1, 0.15) is 39.5 Å². The number of hydrogen-bond acceptors (Lipinski definition) is 5. The van der Waals surface area contributed by atoms with Crippen molar-refractivity contribution in [3.63, 3.8) is 0 Å². The van der Waals surface area contributed by atoms with E-state index in [1.54, 1.807) is 0 Å². The summed E-state index contributed by atoms with van der Waals surface area (Å²) in [6.07, 6.45) is 4.80. The molecular weight excluding hydrogens is 269 g/mol. The SMILES string of the molecule is COP(=O)(OC)[C@H]1NC2(CCCC2)SCC1(C)C. The van der Waals surface area contributed by atoms with Crippen molar-refractivity contribution in [3.05, 3.63) is 0 Å². The van der Waals surface area contributed by atoms with Crippen LogP contribution in [-0.4, -0.2) is 30.6 Å². The standard InChI is InChI=1S/C12H24NO3PS/c1-11(2)9-18-12(7-5-6-8-12)13-10(11)17(14,15-3)16-4/h10,13H,5-9H2,1-4H3/t10-/m1/s1. The van der Waals surface area contributed by atoms with Gasteiger partial charge < -0.3 is 9.05 Å². The van der Waals surface area contributed by atoms with E-state index < -0.39 is 7.60 Å². The van der Waals surface area contributed by atoms with Crippen LogP contribution in [0.25, 0.3) is 0 Å². The first-order chi connectivity index (χ1) is 8.37. The lowest BCUT2D eigenvalue weighted by Gasteiger charge is -2.49. The smallest absolute Gasteiger partial charge is 0.311 e. The molecule has 0 aromatic heterocycles. The molecule has 1 aliphatic carbocycles. The molecule has 4 nitrogen and oxygen atoms in total. The molecular formula is C12H24NO3PS. The highest BCUT2D eigenvalue weighted by Crippen LogP contribution is 2.61. The molecule has 2 rings (SSSR count). The van der Waals surface area contributed by atoms with Crippen LogP contribution in [0.3, 0.4) is 0 Å². The maximum Gasteiger partial charge on any atom is 0.347 e. The molecule has 0 radical (unpaired) electrons. The summed E-state index contributed by atoms with van der Waals surface area (Å²) >= 11 is 1.98. The summed E-state index contributed by atoms with van der Waals surface area (Å²) in [7, 11) is -0.126. The third-order valence-electron chi connectivity index (χ3n) is 4.10. The second kappa shape index (κ2) is 5.10. The van der Waals surface area contributed by atoms with E-state index in [1.807, 2.05) is 11.8 Å². The number of nitrogens with one attached hydrogen (secondary N) is 1. The van der Waals surface area contributed by atoms with Gasteiger partial charge in [-0.3, -0.25) is 9.88 Å². The number of hydrogen-bond donors (Lipinski definition) is 1. The zero-order valence-corrected chi connectivity index (χ0v) is 13.4. The number of rotatable bonds is 3. The minimum Gasteiger partial charge on any atom is -0.311 e. The van der Waals surface area contributed by atoms with E-state index >= 15 is 0 Å². The normalized spacial score (nSPS) is 30.8. The largest absolute Gasteiger partial charge is 0.347 e. The third-order valence-corrected chi connectivity index (χ3v) is 8.54. The van der Waals surface area contributed by atoms with E-state index in [0.29, 0.717) is 0 Å². The van der Waals surface area contributed by atoms with Crippen molar-refractivity contribution in [2.45, 2.75) is 50.2 Å². The first-order valence-electron chi connectivity index (χ1n) is 6.50. The van der Waals surface area contributed by atoms with Gasteiger partial charge in [-0.05, 0) is 12.8 Å². The topological polar surface area (TPSA) is 47.6 Å². The molecule has 0 aromatic carbocycles. The summed E-state index contributed by atoms with van der Waals surface area (Å²) in [5.74, 6) is 0.765. The van der Waals surface area contributed by atoms with E-state index in [0.717, 1.165) is 18.6 Å². The van der Waals surface area contributed by atoms with Gasteiger partial charge in [0.15, 0.2) is 0 Å². The molecule has 18 heavy (non-hydrogen) atoms. The molecule has 6 heteroatoms. The van der Waals surface area contributed by atoms with E-state index in [1.165, 1.54) is 27.1 Å². The van der Waals surface area contributed by atoms with Crippen molar-refractivity contribution in [2.24, 2.45) is 5.41 Å². The molecule has 1 N–H and O–H groups in total. The molecule has 1 saturated heterocycles. The third kappa shape index (κ3) is 2.53. The minimum atomic E-state index is -3.08. The highest BCUT2D eigenvalue weighted by molar-refractivity contribution is 8.00. The lowest BCUT2D eigenvalue weighted by atomic mass is 9.94. The Morgan fingerprint density at radius 1 is 1.22 bits per heavy atom. The Labute approximate surface area is 114 Å². The Morgan fingerprint density at radius 3 is 2.28 bits per heavy atom. The zero-order valence-electron chi connectivity index (χ0n) is 11.7. The van der Waals surface area contributed by atoms with Crippen LogP contribution in [0.4, 0.5) is 0 Å². The zero-order chi connectivity index (χ0) is 13.4. The first kappa shape index (κ1) is 14.9. The Kier molecular flexibility index (Phi) is 4.21. The molecule has 1 spiro atoms. The molecule has 0 unspecified atom stereocenters. The van der Waals surface area contributed by atoms with Gasteiger partial charge in [0, 0.05) is 25.4 Å². The summed E-state index contributed by atoms with van der Waals surface area (Å²) in [6.45, 7) is 4.26. The van der Waals surface area contributed by atoms with Crippen LogP contribution in [0.2, 0.25) is 0 Å². The van der Waals surface area contributed by atoms with Crippen molar-refractivity contribution in [2.75, 3.05) is 20.0 Å². The average Bonchev–Trinajstić information content (AvgIpc) is 2.81. The van der Waals surface area contributed by atoms with Crippen molar-refractivity contribution in [1.82, 2.24) is 5.32 Å². The van der Waals surface area contributed by atoms with Crippen molar-refractivity contribution in [1.29, 1.82) is 0 Å². The summed E-state index contributed by atoms with van der Waals surface area (Å²) in [5, 5.41) is 3.61. The van der Waals surface area contributed by atoms with Crippen LogP contribution in [0.5, 0.6) is 0 Å². The van der Waals surface area contributed by atoms with Crippen LogP contribution in [0.15, 0.2) is 0 Å². The molecule has 0 aromatic rings. The Balaban J connectivity index is 2.26. The summed E-state index contributed by atoms with van der Waals surface area (Å²) < 4.78 is 23.2. The minimum absolute atomic E-state index is 0.0902. The van der Waals surface area contributed by atoms with Gasteiger partial charge in [0.25, 0.3) is 0 Å². The van der Waals surface area contributed by atoms with Gasteiger partial charge in [-0.15, -0.1) is 11.8 Å². The van der Waals surface area contributed by atoms with Crippen LogP contribution in [0, 0.1) is 5.41 Å². The lowest BCUT2D eigenvalue weighted by Crippen LogP contribution is -2.57. The maximum absolute atomic E-state index is 12.7. The second-order valence-corrected chi connectivity index (χ2v) is 9.62. The van der Waals surface area contributed by atoms with Gasteiger partial charge in [0.05, 0.1) is 4.87 Å². The lowest BCUT2D eigenvalue weighted by molar-refractivity contribution is 0.201. The summed E-state index contributed by atoms with van der Waals surface area (Å²) in [5.41, 5.74) is -0.0972. The molecule has 2 aliphatic rings. The average molecular weight is 293 g/mol. The van der Waals surface area contributed by atoms with Crippen LogP contribution >= 0.6 is 19.4 Å². The fraction of sp³-hybridized carbons (Fsp3) is 1.00. The molecule has 2 fully saturated rings. The molecule has 106 valence electrons. The van der Waals surface area contributed by atoms with Crippen molar-refractivity contribution < 1.29 is 13.6 Å². The van der Waals surface area contributed by atoms with Crippen LogP contribution in [-0.2, 0) is 13.6 Å². The van der Waals surface area contributed by atoms with E-state index in [4.69, 9.17) is 9.05 Å². The first-order valence-corrected chi connectivity index (χ1v) is 9.10. The quantitative estimate of drug-likeness (QED) is 0.808. The monoisotopic (exact) mass is 293 g/mol. The van der Waals surface area contributed by atoms with Gasteiger partial charge in [-0.1, -0.05) is 26.7 Å². The maximum atomic E-state index is 12.7. The highest BCUT2D eigenvalue weighted by atomic mass is 32.2. The van der Waals surface area contributed by atoms with Crippen molar-refractivity contribution in [3.8, 4) is 0 Å². The Hall–Kier alpha value is 0.460. The molecule has 1 atom stereocenters. The predicted octanol–water partition coefficient (Wildman–Crippen LogP) is 3.43. The Bertz CT molecular complexity index is 347. The van der Waals surface area contributed by atoms with E-state index in [-0.39, 0.29) is 16.1 Å². The highest BCUT2D eigenvalue weighted by Gasteiger charge is 2.53. The van der Waals surface area contributed by atoms with Gasteiger partial charge >= 0.3 is 7.60 Å². The summed E-state index contributed by atoms with van der Waals surface area (Å²) in [4.78, 5) is 0.0902. The molecule has 0 amide bonds. The number of thioether (sulfide) groups is 1. The molecule has 0 bridgehead atoms. The Morgan fingerprint density at radius 2 is 1.78 bits per heavy atom. The van der Waals surface area contributed by atoms with E-state index in [9.17, 15) is 4.57 Å². The van der Waals surface area contributed by atoms with Crippen LogP contribution < -0.4 is 5.32 Å². The van der Waals surface area contributed by atoms with Gasteiger partial charge in [-0.2, -0.15) is 0 Å². The fourth-order valence-corrected chi connectivity index (χ4v) is 6.64. The molecule has 1 saturated carbocycles. The van der Waals surface area contributed by atoms with E-state index in [2.05, 4.69) is 19.2 Å². The van der Waals surface area contributed by atoms with Gasteiger partial charge in [-0.25, -0.2) is 0 Å². The van der Waals surface area contributed by atoms with Crippen molar-refractivity contribution >= 4 is 19.4 Å². The fourth-order valence-electron chi connectivity index (χ4n) is 2.92. The predicted molar refractivity (Wildman–Crippen MR) is 76.0 cm³/mol. The second-order valence-electron chi connectivity index (χ2n) is 5.93. The van der Waals surface area contributed by atoms with Gasteiger partial charge in [0.2, 0.25) is 0 Å². The van der Waals surface area contributed by atoms with Gasteiger partial charge in [0.1, 0.15) is 5.78 Å².